The van der Waals surface area contributed by atoms with E-state index in [0.717, 1.165) is 43.9 Å². The number of piperidine rings is 1. The summed E-state index contributed by atoms with van der Waals surface area (Å²) in [6.45, 7) is 9.84. The number of amides is 1. The lowest BCUT2D eigenvalue weighted by atomic mass is 9.88. The van der Waals surface area contributed by atoms with Gasteiger partial charge < -0.3 is 9.88 Å². The zero-order valence-corrected chi connectivity index (χ0v) is 23.5. The van der Waals surface area contributed by atoms with Crippen molar-refractivity contribution in [3.05, 3.63) is 33.5 Å². The van der Waals surface area contributed by atoms with Gasteiger partial charge in [0.2, 0.25) is 5.91 Å². The Kier molecular flexibility index (Phi) is 8.16. The Hall–Kier alpha value is -1.73. The molecule has 0 aromatic carbocycles. The van der Waals surface area contributed by atoms with E-state index in [9.17, 15) is 4.79 Å². The lowest BCUT2D eigenvalue weighted by molar-refractivity contribution is -0.126. The summed E-state index contributed by atoms with van der Waals surface area (Å²) in [6, 6.07) is 6.41. The van der Waals surface area contributed by atoms with Crippen molar-refractivity contribution in [1.82, 2.24) is 25.0 Å². The quantitative estimate of drug-likeness (QED) is 0.427. The van der Waals surface area contributed by atoms with Gasteiger partial charge in [0.15, 0.2) is 0 Å². The molecule has 3 fully saturated rings. The van der Waals surface area contributed by atoms with Crippen molar-refractivity contribution >= 4 is 17.2 Å². The molecule has 3 aliphatic rings. The van der Waals surface area contributed by atoms with Gasteiger partial charge >= 0.3 is 0 Å². The molecule has 2 aromatic rings. The Morgan fingerprint density at radius 2 is 1.78 bits per heavy atom. The zero-order chi connectivity index (χ0) is 25.2. The molecule has 6 nitrogen and oxygen atoms in total. The van der Waals surface area contributed by atoms with Crippen LogP contribution in [0.15, 0.2) is 12.1 Å². The van der Waals surface area contributed by atoms with E-state index in [-0.39, 0.29) is 17.9 Å². The SMILES string of the molecule is CCc1ccc([C@H](CCN2[C@H]3CC[C@H]2CC(n2c(C)nnc2C(C)C)C3)NC(=O)C2CCCCC2)s1. The van der Waals surface area contributed by atoms with Gasteiger partial charge in [-0.25, -0.2) is 0 Å². The van der Waals surface area contributed by atoms with E-state index in [1.54, 1.807) is 0 Å². The highest BCUT2D eigenvalue weighted by Crippen LogP contribution is 2.42. The minimum atomic E-state index is 0.134. The fraction of sp³-hybridized carbons (Fsp3) is 0.759. The van der Waals surface area contributed by atoms with Crippen molar-refractivity contribution in [2.24, 2.45) is 5.92 Å². The summed E-state index contributed by atoms with van der Waals surface area (Å²) in [5.74, 6) is 3.10. The summed E-state index contributed by atoms with van der Waals surface area (Å²) in [4.78, 5) is 18.7. The highest BCUT2D eigenvalue weighted by molar-refractivity contribution is 7.12. The largest absolute Gasteiger partial charge is 0.348 e. The Morgan fingerprint density at radius 3 is 2.42 bits per heavy atom. The van der Waals surface area contributed by atoms with Gasteiger partial charge in [0, 0.05) is 46.3 Å². The Bertz CT molecular complexity index is 1010. The fourth-order valence-corrected chi connectivity index (χ4v) is 8.08. The minimum Gasteiger partial charge on any atom is -0.348 e. The molecule has 1 saturated carbocycles. The van der Waals surface area contributed by atoms with Crippen LogP contribution in [0.3, 0.4) is 0 Å². The third-order valence-electron chi connectivity index (χ3n) is 8.98. The minimum absolute atomic E-state index is 0.134. The molecule has 1 N–H and O–H groups in total. The van der Waals surface area contributed by atoms with Crippen molar-refractivity contribution in [2.75, 3.05) is 6.54 Å². The molecule has 5 rings (SSSR count). The first-order chi connectivity index (χ1) is 17.4. The average molecular weight is 512 g/mol. The second-order valence-electron chi connectivity index (χ2n) is 11.7. The topological polar surface area (TPSA) is 63.1 Å². The first-order valence-corrected chi connectivity index (χ1v) is 15.3. The first-order valence-electron chi connectivity index (χ1n) is 14.5. The Labute approximate surface area is 221 Å². The van der Waals surface area contributed by atoms with Gasteiger partial charge in [0.1, 0.15) is 11.6 Å². The molecule has 198 valence electrons. The number of nitrogens with one attached hydrogen (secondary N) is 1. The van der Waals surface area contributed by atoms with E-state index < -0.39 is 0 Å². The van der Waals surface area contributed by atoms with Crippen LogP contribution < -0.4 is 5.32 Å². The lowest BCUT2D eigenvalue weighted by Gasteiger charge is -2.40. The molecule has 2 bridgehead atoms. The molecule has 4 heterocycles. The molecular formula is C29H45N5OS. The van der Waals surface area contributed by atoms with Crippen molar-refractivity contribution in [3.8, 4) is 0 Å². The Balaban J connectivity index is 1.26. The standard InChI is InChI=1S/C29H45N5OS/c1-5-25-13-14-27(36-25)26(30-29(35)21-9-7-6-8-10-21)15-16-33-22-11-12-23(33)18-24(17-22)34-20(4)31-32-28(34)19(2)3/h13-14,19,21-24,26H,5-12,15-18H2,1-4H3,(H,30,35)/t22-,23-,26-/m0/s1. The highest BCUT2D eigenvalue weighted by atomic mass is 32.1. The molecule has 2 aliphatic heterocycles. The molecule has 0 spiro atoms. The van der Waals surface area contributed by atoms with Gasteiger partial charge in [-0.05, 0) is 70.4 Å². The molecule has 2 aromatic heterocycles. The third kappa shape index (κ3) is 5.42. The van der Waals surface area contributed by atoms with E-state index in [4.69, 9.17) is 0 Å². The van der Waals surface area contributed by atoms with Crippen LogP contribution in [0, 0.1) is 12.8 Å². The van der Waals surface area contributed by atoms with E-state index in [0.29, 0.717) is 24.0 Å². The maximum absolute atomic E-state index is 13.2. The molecule has 1 amide bonds. The van der Waals surface area contributed by atoms with E-state index in [1.807, 2.05) is 11.3 Å². The number of hydrogen-bond acceptors (Lipinski definition) is 5. The number of carbonyl (C=O) groups excluding carboxylic acids is 1. The monoisotopic (exact) mass is 511 g/mol. The van der Waals surface area contributed by atoms with Crippen LogP contribution in [0.2, 0.25) is 0 Å². The number of fused-ring (bicyclic) bond motifs is 2. The van der Waals surface area contributed by atoms with Gasteiger partial charge in [0.25, 0.3) is 0 Å². The third-order valence-corrected chi connectivity index (χ3v) is 10.3. The first kappa shape index (κ1) is 25.9. The summed E-state index contributed by atoms with van der Waals surface area (Å²) in [5.41, 5.74) is 0. The molecule has 0 radical (unpaired) electrons. The summed E-state index contributed by atoms with van der Waals surface area (Å²) in [6.07, 6.45) is 12.8. The van der Waals surface area contributed by atoms with Crippen LogP contribution >= 0.6 is 11.3 Å². The number of nitrogens with zero attached hydrogens (tertiary/aromatic N) is 4. The van der Waals surface area contributed by atoms with Crippen LogP contribution in [0.25, 0.3) is 0 Å². The van der Waals surface area contributed by atoms with Gasteiger partial charge in [0.05, 0.1) is 6.04 Å². The fourth-order valence-electron chi connectivity index (χ4n) is 7.04. The van der Waals surface area contributed by atoms with E-state index in [2.05, 4.69) is 64.8 Å². The molecule has 0 unspecified atom stereocenters. The molecule has 1 aliphatic carbocycles. The number of rotatable bonds is 9. The predicted molar refractivity (Wildman–Crippen MR) is 146 cm³/mol. The number of thiophene rings is 1. The smallest absolute Gasteiger partial charge is 0.223 e. The van der Waals surface area contributed by atoms with Crippen LogP contribution in [-0.2, 0) is 11.2 Å². The van der Waals surface area contributed by atoms with Crippen molar-refractivity contribution in [2.45, 2.75) is 128 Å². The van der Waals surface area contributed by atoms with Gasteiger partial charge in [-0.1, -0.05) is 40.0 Å². The second-order valence-corrected chi connectivity index (χ2v) is 12.9. The summed E-state index contributed by atoms with van der Waals surface area (Å²) < 4.78 is 2.44. The number of carbonyl (C=O) groups is 1. The van der Waals surface area contributed by atoms with Crippen molar-refractivity contribution in [1.29, 1.82) is 0 Å². The van der Waals surface area contributed by atoms with Crippen LogP contribution in [0.5, 0.6) is 0 Å². The summed E-state index contributed by atoms with van der Waals surface area (Å²) >= 11 is 1.89. The summed E-state index contributed by atoms with van der Waals surface area (Å²) in [5, 5.41) is 12.5. The normalized spacial score (nSPS) is 26.0. The second kappa shape index (κ2) is 11.3. The van der Waals surface area contributed by atoms with Crippen molar-refractivity contribution in [3.63, 3.8) is 0 Å². The number of aromatic nitrogens is 3. The van der Waals surface area contributed by atoms with Crippen LogP contribution in [-0.4, -0.2) is 44.2 Å². The summed E-state index contributed by atoms with van der Waals surface area (Å²) in [7, 11) is 0. The van der Waals surface area contributed by atoms with Crippen LogP contribution in [0.4, 0.5) is 0 Å². The number of aryl methyl sites for hydroxylation is 2. The molecular weight excluding hydrogens is 466 g/mol. The molecule has 2 saturated heterocycles. The predicted octanol–water partition coefficient (Wildman–Crippen LogP) is 6.33. The highest BCUT2D eigenvalue weighted by Gasteiger charge is 2.42. The maximum atomic E-state index is 13.2. The number of hydrogen-bond donors (Lipinski definition) is 1. The molecule has 7 heteroatoms. The van der Waals surface area contributed by atoms with Gasteiger partial charge in [-0.15, -0.1) is 21.5 Å². The van der Waals surface area contributed by atoms with Gasteiger partial charge in [-0.3, -0.25) is 9.69 Å². The van der Waals surface area contributed by atoms with Crippen molar-refractivity contribution < 1.29 is 4.79 Å². The molecule has 36 heavy (non-hydrogen) atoms. The van der Waals surface area contributed by atoms with E-state index in [1.165, 1.54) is 54.7 Å². The lowest BCUT2D eigenvalue weighted by Crippen LogP contribution is -2.45. The molecule has 3 atom stereocenters. The van der Waals surface area contributed by atoms with E-state index >= 15 is 0 Å². The average Bonchev–Trinajstić information content (AvgIpc) is 3.58. The van der Waals surface area contributed by atoms with Crippen LogP contribution in [0.1, 0.15) is 124 Å². The van der Waals surface area contributed by atoms with Gasteiger partial charge in [-0.2, -0.15) is 0 Å². The maximum Gasteiger partial charge on any atom is 0.223 e. The zero-order valence-electron chi connectivity index (χ0n) is 22.7. The Morgan fingerprint density at radius 1 is 1.06 bits per heavy atom.